The van der Waals surface area contributed by atoms with E-state index in [1.54, 1.807) is 0 Å². The molecule has 1 heterocycles. The zero-order chi connectivity index (χ0) is 11.2. The SMILES string of the molecule is ClCc1cccc(OCC2CCOCC2)c1. The number of rotatable bonds is 4. The molecule has 2 nitrogen and oxygen atoms in total. The Balaban J connectivity index is 1.83. The smallest absolute Gasteiger partial charge is 0.119 e. The van der Waals surface area contributed by atoms with Crippen molar-refractivity contribution in [2.45, 2.75) is 18.7 Å². The predicted octanol–water partition coefficient (Wildman–Crippen LogP) is 3.23. The minimum absolute atomic E-state index is 0.536. The number of benzene rings is 1. The van der Waals surface area contributed by atoms with Crippen LogP contribution in [-0.4, -0.2) is 19.8 Å². The Hall–Kier alpha value is -0.730. The molecule has 2 rings (SSSR count). The number of ether oxygens (including phenoxy) is 2. The van der Waals surface area contributed by atoms with E-state index in [0.717, 1.165) is 44.0 Å². The molecule has 0 spiro atoms. The average Bonchev–Trinajstić information content (AvgIpc) is 2.38. The molecule has 88 valence electrons. The second-order valence-corrected chi connectivity index (χ2v) is 4.42. The van der Waals surface area contributed by atoms with Gasteiger partial charge in [-0.05, 0) is 36.5 Å². The van der Waals surface area contributed by atoms with Crippen LogP contribution in [-0.2, 0) is 10.6 Å². The minimum Gasteiger partial charge on any atom is -0.493 e. The fourth-order valence-corrected chi connectivity index (χ4v) is 2.01. The van der Waals surface area contributed by atoms with E-state index in [4.69, 9.17) is 21.1 Å². The van der Waals surface area contributed by atoms with Gasteiger partial charge in [0.25, 0.3) is 0 Å². The molecule has 1 aliphatic rings. The molecule has 1 saturated heterocycles. The van der Waals surface area contributed by atoms with Crippen LogP contribution >= 0.6 is 11.6 Å². The van der Waals surface area contributed by atoms with Crippen LogP contribution in [0.15, 0.2) is 24.3 Å². The van der Waals surface area contributed by atoms with Crippen molar-refractivity contribution < 1.29 is 9.47 Å². The van der Waals surface area contributed by atoms with Gasteiger partial charge in [-0.15, -0.1) is 11.6 Å². The van der Waals surface area contributed by atoms with Crippen molar-refractivity contribution in [1.82, 2.24) is 0 Å². The van der Waals surface area contributed by atoms with Gasteiger partial charge in [0.05, 0.1) is 6.61 Å². The highest BCUT2D eigenvalue weighted by Crippen LogP contribution is 2.19. The van der Waals surface area contributed by atoms with Gasteiger partial charge in [-0.3, -0.25) is 0 Å². The molecule has 0 atom stereocenters. The van der Waals surface area contributed by atoms with Gasteiger partial charge in [-0.2, -0.15) is 0 Å². The molecule has 0 aliphatic carbocycles. The van der Waals surface area contributed by atoms with Crippen molar-refractivity contribution in [2.75, 3.05) is 19.8 Å². The molecular weight excluding hydrogens is 224 g/mol. The molecule has 0 unspecified atom stereocenters. The van der Waals surface area contributed by atoms with Crippen molar-refractivity contribution in [2.24, 2.45) is 5.92 Å². The second-order valence-electron chi connectivity index (χ2n) is 4.15. The van der Waals surface area contributed by atoms with Gasteiger partial charge in [0.1, 0.15) is 5.75 Å². The summed E-state index contributed by atoms with van der Waals surface area (Å²) in [5, 5.41) is 0. The normalized spacial score (nSPS) is 17.3. The summed E-state index contributed by atoms with van der Waals surface area (Å²) in [6, 6.07) is 7.98. The molecule has 16 heavy (non-hydrogen) atoms. The zero-order valence-electron chi connectivity index (χ0n) is 9.32. The van der Waals surface area contributed by atoms with E-state index in [1.165, 1.54) is 0 Å². The largest absolute Gasteiger partial charge is 0.493 e. The van der Waals surface area contributed by atoms with Gasteiger partial charge in [-0.1, -0.05) is 12.1 Å². The van der Waals surface area contributed by atoms with E-state index >= 15 is 0 Å². The molecule has 0 radical (unpaired) electrons. The first-order valence-electron chi connectivity index (χ1n) is 5.74. The first-order chi connectivity index (χ1) is 7.88. The van der Waals surface area contributed by atoms with Gasteiger partial charge in [0, 0.05) is 19.1 Å². The summed E-state index contributed by atoms with van der Waals surface area (Å²) in [5.74, 6) is 2.09. The maximum atomic E-state index is 5.78. The van der Waals surface area contributed by atoms with Crippen LogP contribution in [0.1, 0.15) is 18.4 Å². The molecule has 0 bridgehead atoms. The van der Waals surface area contributed by atoms with Gasteiger partial charge >= 0.3 is 0 Å². The standard InChI is InChI=1S/C13H17ClO2/c14-9-12-2-1-3-13(8-12)16-10-11-4-6-15-7-5-11/h1-3,8,11H,4-7,9-10H2. The van der Waals surface area contributed by atoms with Gasteiger partial charge < -0.3 is 9.47 Å². The van der Waals surface area contributed by atoms with Crippen LogP contribution in [0.3, 0.4) is 0 Å². The highest BCUT2D eigenvalue weighted by atomic mass is 35.5. The van der Waals surface area contributed by atoms with Crippen LogP contribution in [0.25, 0.3) is 0 Å². The molecule has 0 amide bonds. The molecule has 1 aliphatic heterocycles. The highest BCUT2D eigenvalue weighted by molar-refractivity contribution is 6.17. The molecule has 1 fully saturated rings. The predicted molar refractivity (Wildman–Crippen MR) is 65.0 cm³/mol. The fraction of sp³-hybridized carbons (Fsp3) is 0.538. The third kappa shape index (κ3) is 3.39. The Kier molecular flexibility index (Phi) is 4.49. The molecule has 1 aromatic rings. The van der Waals surface area contributed by atoms with E-state index < -0.39 is 0 Å². The van der Waals surface area contributed by atoms with E-state index in [2.05, 4.69) is 0 Å². The van der Waals surface area contributed by atoms with Crippen molar-refractivity contribution in [3.05, 3.63) is 29.8 Å². The lowest BCUT2D eigenvalue weighted by Crippen LogP contribution is -2.21. The second kappa shape index (κ2) is 6.12. The van der Waals surface area contributed by atoms with Crippen LogP contribution in [0.4, 0.5) is 0 Å². The molecular formula is C13H17ClO2. The summed E-state index contributed by atoms with van der Waals surface area (Å²) in [4.78, 5) is 0. The zero-order valence-corrected chi connectivity index (χ0v) is 10.1. The number of alkyl halides is 1. The Morgan fingerprint density at radius 2 is 2.12 bits per heavy atom. The first-order valence-corrected chi connectivity index (χ1v) is 6.27. The average molecular weight is 241 g/mol. The topological polar surface area (TPSA) is 18.5 Å². The summed E-state index contributed by atoms with van der Waals surface area (Å²) in [7, 11) is 0. The third-order valence-corrected chi connectivity index (χ3v) is 3.19. The van der Waals surface area contributed by atoms with E-state index in [0.29, 0.717) is 11.8 Å². The summed E-state index contributed by atoms with van der Waals surface area (Å²) in [6.07, 6.45) is 2.21. The van der Waals surface area contributed by atoms with Crippen molar-refractivity contribution in [1.29, 1.82) is 0 Å². The van der Waals surface area contributed by atoms with Gasteiger partial charge in [0.2, 0.25) is 0 Å². The quantitative estimate of drug-likeness (QED) is 0.753. The van der Waals surface area contributed by atoms with E-state index in [-0.39, 0.29) is 0 Å². The Labute approximate surface area is 102 Å². The summed E-state index contributed by atoms with van der Waals surface area (Å²) in [5.41, 5.74) is 1.10. The van der Waals surface area contributed by atoms with Crippen molar-refractivity contribution in [3.8, 4) is 5.75 Å². The van der Waals surface area contributed by atoms with Crippen LogP contribution in [0, 0.1) is 5.92 Å². The third-order valence-electron chi connectivity index (χ3n) is 2.88. The lowest BCUT2D eigenvalue weighted by atomic mass is 10.0. The molecule has 3 heteroatoms. The number of hydrogen-bond donors (Lipinski definition) is 0. The minimum atomic E-state index is 0.536. The Bertz CT molecular complexity index is 321. The van der Waals surface area contributed by atoms with Crippen LogP contribution in [0.5, 0.6) is 5.75 Å². The maximum absolute atomic E-state index is 5.78. The van der Waals surface area contributed by atoms with Gasteiger partial charge in [0.15, 0.2) is 0 Å². The van der Waals surface area contributed by atoms with Crippen LogP contribution < -0.4 is 4.74 Å². The van der Waals surface area contributed by atoms with E-state index in [9.17, 15) is 0 Å². The van der Waals surface area contributed by atoms with E-state index in [1.807, 2.05) is 24.3 Å². The van der Waals surface area contributed by atoms with Gasteiger partial charge in [-0.25, -0.2) is 0 Å². The van der Waals surface area contributed by atoms with Crippen molar-refractivity contribution >= 4 is 11.6 Å². The maximum Gasteiger partial charge on any atom is 0.119 e. The first kappa shape index (κ1) is 11.7. The lowest BCUT2D eigenvalue weighted by molar-refractivity contribution is 0.0497. The molecule has 0 saturated carbocycles. The highest BCUT2D eigenvalue weighted by Gasteiger charge is 2.14. The Morgan fingerprint density at radius 1 is 1.31 bits per heavy atom. The number of halogens is 1. The van der Waals surface area contributed by atoms with Crippen molar-refractivity contribution in [3.63, 3.8) is 0 Å². The summed E-state index contributed by atoms with van der Waals surface area (Å²) in [6.45, 7) is 2.53. The fourth-order valence-electron chi connectivity index (χ4n) is 1.85. The summed E-state index contributed by atoms with van der Waals surface area (Å²) < 4.78 is 11.1. The monoisotopic (exact) mass is 240 g/mol. The lowest BCUT2D eigenvalue weighted by Gasteiger charge is -2.22. The Morgan fingerprint density at radius 3 is 2.88 bits per heavy atom. The number of hydrogen-bond acceptors (Lipinski definition) is 2. The summed E-state index contributed by atoms with van der Waals surface area (Å²) >= 11 is 5.78. The molecule has 1 aromatic carbocycles. The molecule has 0 N–H and O–H groups in total. The molecule has 0 aromatic heterocycles. The van der Waals surface area contributed by atoms with Crippen LogP contribution in [0.2, 0.25) is 0 Å².